The van der Waals surface area contributed by atoms with Crippen molar-refractivity contribution in [3.8, 4) is 22.6 Å². The van der Waals surface area contributed by atoms with Crippen LogP contribution < -0.4 is 10.9 Å². The molecule has 2 heterocycles. The monoisotopic (exact) mass is 473 g/mol. The number of hydrogen-bond acceptors (Lipinski definition) is 5. The number of carbonyl (C=O) groups excluding carboxylic acids is 1. The molecule has 3 aromatic rings. The second kappa shape index (κ2) is 10.6. The molecule has 0 aliphatic heterocycles. The lowest BCUT2D eigenvalue weighted by Crippen LogP contribution is -2.27. The van der Waals surface area contributed by atoms with Crippen molar-refractivity contribution in [3.05, 3.63) is 64.0 Å². The van der Waals surface area contributed by atoms with Gasteiger partial charge in [-0.1, -0.05) is 33.3 Å². The first-order chi connectivity index (χ1) is 16.1. The topological polar surface area (TPSA) is 101 Å². The van der Waals surface area contributed by atoms with Crippen LogP contribution in [-0.2, 0) is 23.9 Å². The van der Waals surface area contributed by atoms with E-state index in [1.165, 1.54) is 30.6 Å². The number of rotatable bonds is 8. The van der Waals surface area contributed by atoms with Crippen LogP contribution in [0.25, 0.3) is 22.6 Å². The van der Waals surface area contributed by atoms with E-state index in [4.69, 9.17) is 0 Å². The van der Waals surface area contributed by atoms with Gasteiger partial charge in [0.05, 0.1) is 11.3 Å². The Hall–Kier alpha value is -3.56. The molecule has 34 heavy (non-hydrogen) atoms. The summed E-state index contributed by atoms with van der Waals surface area (Å²) in [5.41, 5.74) is -0.828. The zero-order valence-corrected chi connectivity index (χ0v) is 19.2. The summed E-state index contributed by atoms with van der Waals surface area (Å²) < 4.78 is 41.2. The van der Waals surface area contributed by atoms with Gasteiger partial charge >= 0.3 is 6.18 Å². The molecule has 0 fully saturated rings. The molecule has 0 aliphatic carbocycles. The normalized spacial score (nSPS) is 11.6. The molecule has 1 amide bonds. The van der Waals surface area contributed by atoms with Crippen molar-refractivity contribution in [2.45, 2.75) is 52.8 Å². The van der Waals surface area contributed by atoms with E-state index in [0.29, 0.717) is 23.4 Å². The predicted octanol–water partition coefficient (Wildman–Crippen LogP) is 4.53. The van der Waals surface area contributed by atoms with E-state index in [2.05, 4.69) is 32.2 Å². The fraction of sp³-hybridized carbons (Fsp3) is 0.375. The maximum atomic E-state index is 13.7. The molecular formula is C24H26F3N5O2. The summed E-state index contributed by atoms with van der Waals surface area (Å²) in [7, 11) is 0. The van der Waals surface area contributed by atoms with Crippen LogP contribution in [0.15, 0.2) is 41.5 Å². The smallest absolute Gasteiger partial charge is 0.352 e. The molecule has 2 N–H and O–H groups in total. The summed E-state index contributed by atoms with van der Waals surface area (Å²) in [6.45, 7) is 5.53. The summed E-state index contributed by atoms with van der Waals surface area (Å²) >= 11 is 0. The summed E-state index contributed by atoms with van der Waals surface area (Å²) in [5, 5.41) is 2.67. The van der Waals surface area contributed by atoms with Crippen molar-refractivity contribution in [2.24, 2.45) is 5.92 Å². The molecule has 0 bridgehead atoms. The Morgan fingerprint density at radius 3 is 2.47 bits per heavy atom. The number of amides is 1. The number of aromatic amines is 1. The number of H-pyrrole nitrogens is 1. The molecule has 10 heteroatoms. The SMILES string of the molecule is CCCCc1ncc(-c2cc(=O)[nH]c(-c3cc(CNC(=O)C(C)C)ccc3C(F)(F)F)n2)cn1. The fourth-order valence-electron chi connectivity index (χ4n) is 3.22. The minimum absolute atomic E-state index is 0.0408. The largest absolute Gasteiger partial charge is 0.417 e. The average Bonchev–Trinajstić information content (AvgIpc) is 2.80. The molecule has 0 aliphatic rings. The predicted molar refractivity (Wildman–Crippen MR) is 122 cm³/mol. The Balaban J connectivity index is 2.02. The van der Waals surface area contributed by atoms with Crippen LogP contribution in [0, 0.1) is 5.92 Å². The Morgan fingerprint density at radius 2 is 1.85 bits per heavy atom. The lowest BCUT2D eigenvalue weighted by molar-refractivity contribution is -0.137. The van der Waals surface area contributed by atoms with Gasteiger partial charge in [0.25, 0.3) is 5.56 Å². The summed E-state index contributed by atoms with van der Waals surface area (Å²) in [5.74, 6) is -0.0790. The van der Waals surface area contributed by atoms with Crippen molar-refractivity contribution in [1.29, 1.82) is 0 Å². The minimum Gasteiger partial charge on any atom is -0.352 e. The maximum Gasteiger partial charge on any atom is 0.417 e. The van der Waals surface area contributed by atoms with Gasteiger partial charge in [0.15, 0.2) is 0 Å². The molecule has 0 spiro atoms. The molecule has 0 radical (unpaired) electrons. The number of hydrogen-bond donors (Lipinski definition) is 2. The van der Waals surface area contributed by atoms with Gasteiger partial charge in [-0.3, -0.25) is 9.59 Å². The highest BCUT2D eigenvalue weighted by molar-refractivity contribution is 5.78. The molecule has 0 atom stereocenters. The Kier molecular flexibility index (Phi) is 7.80. The molecule has 180 valence electrons. The van der Waals surface area contributed by atoms with Gasteiger partial charge in [-0.15, -0.1) is 0 Å². The van der Waals surface area contributed by atoms with Crippen molar-refractivity contribution < 1.29 is 18.0 Å². The summed E-state index contributed by atoms with van der Waals surface area (Å²) in [4.78, 5) is 39.4. The first kappa shape index (κ1) is 25.1. The fourth-order valence-corrected chi connectivity index (χ4v) is 3.22. The second-order valence-corrected chi connectivity index (χ2v) is 8.22. The molecule has 3 rings (SSSR count). The lowest BCUT2D eigenvalue weighted by atomic mass is 10.0. The van der Waals surface area contributed by atoms with Gasteiger partial charge in [-0.2, -0.15) is 13.2 Å². The van der Waals surface area contributed by atoms with Crippen LogP contribution in [0.2, 0.25) is 0 Å². The van der Waals surface area contributed by atoms with Gasteiger partial charge < -0.3 is 10.3 Å². The lowest BCUT2D eigenvalue weighted by Gasteiger charge is -2.15. The number of nitrogens with one attached hydrogen (secondary N) is 2. The van der Waals surface area contributed by atoms with E-state index in [1.807, 2.05) is 0 Å². The first-order valence-electron chi connectivity index (χ1n) is 11.0. The van der Waals surface area contributed by atoms with Gasteiger partial charge in [0, 0.05) is 48.5 Å². The summed E-state index contributed by atoms with van der Waals surface area (Å²) in [6.07, 6.45) is 0.971. The average molecular weight is 473 g/mol. The number of alkyl halides is 3. The second-order valence-electron chi connectivity index (χ2n) is 8.22. The third kappa shape index (κ3) is 6.27. The highest BCUT2D eigenvalue weighted by Crippen LogP contribution is 2.36. The number of aromatic nitrogens is 4. The van der Waals surface area contributed by atoms with Crippen LogP contribution in [-0.4, -0.2) is 25.8 Å². The first-order valence-corrected chi connectivity index (χ1v) is 11.0. The minimum atomic E-state index is -4.67. The van der Waals surface area contributed by atoms with Crippen LogP contribution in [0.5, 0.6) is 0 Å². The van der Waals surface area contributed by atoms with E-state index in [9.17, 15) is 22.8 Å². The van der Waals surface area contributed by atoms with Crippen molar-refractivity contribution in [1.82, 2.24) is 25.3 Å². The van der Waals surface area contributed by atoms with Crippen LogP contribution in [0.1, 0.15) is 50.6 Å². The molecule has 0 saturated heterocycles. The molecule has 1 aromatic carbocycles. The van der Waals surface area contributed by atoms with Crippen molar-refractivity contribution in [2.75, 3.05) is 0 Å². The molecule has 0 unspecified atom stereocenters. The van der Waals surface area contributed by atoms with E-state index in [0.717, 1.165) is 18.9 Å². The quantitative estimate of drug-likeness (QED) is 0.501. The van der Waals surface area contributed by atoms with Gasteiger partial charge in [-0.25, -0.2) is 15.0 Å². The van der Waals surface area contributed by atoms with Gasteiger partial charge in [0.1, 0.15) is 11.6 Å². The van der Waals surface area contributed by atoms with Crippen LogP contribution in [0.4, 0.5) is 13.2 Å². The highest BCUT2D eigenvalue weighted by Gasteiger charge is 2.34. The van der Waals surface area contributed by atoms with E-state index in [1.54, 1.807) is 13.8 Å². The molecule has 7 nitrogen and oxygen atoms in total. The van der Waals surface area contributed by atoms with Crippen LogP contribution in [0.3, 0.4) is 0 Å². The number of aryl methyl sites for hydroxylation is 1. The van der Waals surface area contributed by atoms with E-state index < -0.39 is 17.3 Å². The third-order valence-electron chi connectivity index (χ3n) is 5.13. The molecule has 0 saturated carbocycles. The standard InChI is InChI=1S/C24H26F3N5O2/c1-4-5-6-20-28-12-16(13-29-20)19-10-21(33)32-22(31-19)17-9-15(11-30-23(34)14(2)3)7-8-18(17)24(25,26)27/h7-10,12-14H,4-6,11H2,1-3H3,(H,30,34)(H,31,32,33). The van der Waals surface area contributed by atoms with Gasteiger partial charge in [-0.05, 0) is 24.1 Å². The summed E-state index contributed by atoms with van der Waals surface area (Å²) in [6, 6.07) is 4.67. The highest BCUT2D eigenvalue weighted by atomic mass is 19.4. The Bertz CT molecular complexity index is 1200. The number of halogens is 3. The van der Waals surface area contributed by atoms with Gasteiger partial charge in [0.2, 0.25) is 5.91 Å². The van der Waals surface area contributed by atoms with Crippen molar-refractivity contribution in [3.63, 3.8) is 0 Å². The number of benzene rings is 1. The zero-order valence-electron chi connectivity index (χ0n) is 19.2. The Labute approximate surface area is 194 Å². The van der Waals surface area contributed by atoms with Crippen LogP contribution >= 0.6 is 0 Å². The maximum absolute atomic E-state index is 13.7. The number of nitrogens with zero attached hydrogens (tertiary/aromatic N) is 3. The zero-order chi connectivity index (χ0) is 24.9. The Morgan fingerprint density at radius 1 is 1.15 bits per heavy atom. The number of carbonyl (C=O) groups is 1. The molecular weight excluding hydrogens is 447 g/mol. The van der Waals surface area contributed by atoms with E-state index >= 15 is 0 Å². The molecule has 2 aromatic heterocycles. The van der Waals surface area contributed by atoms with E-state index in [-0.39, 0.29) is 35.5 Å². The van der Waals surface area contributed by atoms with Crippen molar-refractivity contribution >= 4 is 5.91 Å². The third-order valence-corrected chi connectivity index (χ3v) is 5.13. The number of unbranched alkanes of at least 4 members (excludes halogenated alkanes) is 1.